The van der Waals surface area contributed by atoms with E-state index in [1.165, 1.54) is 4.68 Å². The van der Waals surface area contributed by atoms with Crippen molar-refractivity contribution in [2.45, 2.75) is 0 Å². The summed E-state index contributed by atoms with van der Waals surface area (Å²) in [4.78, 5) is 0. The van der Waals surface area contributed by atoms with E-state index in [0.717, 1.165) is 22.4 Å². The predicted molar refractivity (Wildman–Crippen MR) is 103 cm³/mol. The molecular weight excluding hydrogens is 360 g/mol. The second kappa shape index (κ2) is 7.48. The molecule has 0 aliphatic heterocycles. The quantitative estimate of drug-likeness (QED) is 0.390. The van der Waals surface area contributed by atoms with E-state index < -0.39 is 5.95 Å². The first kappa shape index (κ1) is 17.1. The highest BCUT2D eigenvalue weighted by molar-refractivity contribution is 6.30. The number of para-hydroxylation sites is 1. The second-order valence-corrected chi connectivity index (χ2v) is 6.40. The van der Waals surface area contributed by atoms with Gasteiger partial charge in [-0.1, -0.05) is 66.2 Å². The zero-order valence-corrected chi connectivity index (χ0v) is 15.0. The average Bonchev–Trinajstić information content (AvgIpc) is 3.10. The molecule has 0 saturated heterocycles. The lowest BCUT2D eigenvalue weighted by Gasteiger charge is -2.00. The molecule has 0 atom stereocenters. The minimum absolute atomic E-state index is 0.398. The third-order valence-corrected chi connectivity index (χ3v) is 4.39. The van der Waals surface area contributed by atoms with Gasteiger partial charge >= 0.3 is 0 Å². The van der Waals surface area contributed by atoms with E-state index in [0.29, 0.717) is 10.7 Å². The van der Waals surface area contributed by atoms with Gasteiger partial charge in [0.15, 0.2) is 5.95 Å². The summed E-state index contributed by atoms with van der Waals surface area (Å²) in [7, 11) is 0. The van der Waals surface area contributed by atoms with E-state index in [1.807, 2.05) is 91.0 Å². The minimum atomic E-state index is -0.469. The van der Waals surface area contributed by atoms with E-state index in [2.05, 4.69) is 5.27 Å². The van der Waals surface area contributed by atoms with Gasteiger partial charge in [0.2, 0.25) is 5.69 Å². The lowest BCUT2D eigenvalue weighted by atomic mass is 10.1. The van der Waals surface area contributed by atoms with Crippen molar-refractivity contribution in [3.8, 4) is 22.9 Å². The van der Waals surface area contributed by atoms with Crippen molar-refractivity contribution in [3.63, 3.8) is 0 Å². The van der Waals surface area contributed by atoms with Crippen molar-refractivity contribution >= 4 is 23.8 Å². The SMILES string of the molecule is [O-]c1on[n+](-c2ccccc2)c1-c1ccc(/C=C/c2ccc(Cl)cc2)cc1. The molecule has 0 saturated carbocycles. The van der Waals surface area contributed by atoms with Gasteiger partial charge in [-0.3, -0.25) is 0 Å². The van der Waals surface area contributed by atoms with E-state index in [4.69, 9.17) is 16.1 Å². The van der Waals surface area contributed by atoms with Crippen molar-refractivity contribution < 1.29 is 14.3 Å². The molecule has 0 unspecified atom stereocenters. The van der Waals surface area contributed by atoms with Crippen LogP contribution < -0.4 is 9.79 Å². The van der Waals surface area contributed by atoms with Crippen LogP contribution in [-0.2, 0) is 0 Å². The van der Waals surface area contributed by atoms with Crippen LogP contribution in [0.15, 0.2) is 83.4 Å². The van der Waals surface area contributed by atoms with Gasteiger partial charge in [0.05, 0.1) is 10.8 Å². The maximum Gasteiger partial charge on any atom is 0.270 e. The van der Waals surface area contributed by atoms with Gasteiger partial charge in [-0.25, -0.2) is 0 Å². The Labute approximate surface area is 161 Å². The van der Waals surface area contributed by atoms with Crippen LogP contribution >= 0.6 is 11.6 Å². The lowest BCUT2D eigenvalue weighted by Crippen LogP contribution is -2.34. The molecule has 4 aromatic rings. The highest BCUT2D eigenvalue weighted by Crippen LogP contribution is 2.25. The highest BCUT2D eigenvalue weighted by atomic mass is 35.5. The first-order valence-corrected chi connectivity index (χ1v) is 8.77. The van der Waals surface area contributed by atoms with E-state index in [1.54, 1.807) is 0 Å². The highest BCUT2D eigenvalue weighted by Gasteiger charge is 2.21. The van der Waals surface area contributed by atoms with Gasteiger partial charge in [0.25, 0.3) is 5.69 Å². The number of nitrogens with zero attached hydrogens (tertiary/aromatic N) is 2. The molecule has 3 aromatic carbocycles. The molecule has 0 radical (unpaired) electrons. The summed E-state index contributed by atoms with van der Waals surface area (Å²) in [6.07, 6.45) is 4.01. The molecule has 0 aliphatic carbocycles. The van der Waals surface area contributed by atoms with E-state index in [-0.39, 0.29) is 0 Å². The maximum absolute atomic E-state index is 12.2. The Balaban J connectivity index is 1.62. The Bertz CT molecular complexity index is 1070. The molecule has 4 rings (SSSR count). The Morgan fingerprint density at radius 1 is 0.815 bits per heavy atom. The predicted octanol–water partition coefficient (Wildman–Crippen LogP) is 4.52. The molecule has 1 aromatic heterocycles. The smallest absolute Gasteiger partial charge is 0.270 e. The number of rotatable bonds is 4. The Hall–Kier alpha value is -3.37. The standard InChI is InChI=1S/C22H15ClN2O2/c23-19-14-10-17(11-15-19)7-6-16-8-12-18(13-9-16)21-22(26)27-24-25(21)20-4-2-1-3-5-20/h1-15H/b7-6+. The topological polar surface area (TPSA) is 53.0 Å². The average molecular weight is 375 g/mol. The van der Waals surface area contributed by atoms with Crippen LogP contribution in [-0.4, -0.2) is 5.27 Å². The van der Waals surface area contributed by atoms with Crippen LogP contribution in [0.5, 0.6) is 5.95 Å². The van der Waals surface area contributed by atoms with Gasteiger partial charge < -0.3 is 9.63 Å². The molecule has 27 heavy (non-hydrogen) atoms. The summed E-state index contributed by atoms with van der Waals surface area (Å²) < 4.78 is 6.40. The third-order valence-electron chi connectivity index (χ3n) is 4.13. The third kappa shape index (κ3) is 3.76. The molecule has 0 spiro atoms. The first-order chi connectivity index (χ1) is 13.2. The van der Waals surface area contributed by atoms with E-state index in [9.17, 15) is 5.11 Å². The maximum atomic E-state index is 12.2. The van der Waals surface area contributed by atoms with Crippen LogP contribution in [0.3, 0.4) is 0 Å². The van der Waals surface area contributed by atoms with Gasteiger partial charge in [0.1, 0.15) is 0 Å². The van der Waals surface area contributed by atoms with Gasteiger partial charge in [-0.15, -0.1) is 0 Å². The van der Waals surface area contributed by atoms with Crippen molar-refractivity contribution in [2.75, 3.05) is 0 Å². The first-order valence-electron chi connectivity index (χ1n) is 8.39. The molecular formula is C22H15ClN2O2. The van der Waals surface area contributed by atoms with E-state index >= 15 is 0 Å². The Morgan fingerprint density at radius 2 is 1.41 bits per heavy atom. The second-order valence-electron chi connectivity index (χ2n) is 5.96. The van der Waals surface area contributed by atoms with Gasteiger partial charge in [-0.05, 0) is 40.1 Å². The molecule has 0 bridgehead atoms. The largest absolute Gasteiger partial charge is 0.539 e. The molecule has 0 N–H and O–H groups in total. The van der Waals surface area contributed by atoms with Crippen LogP contribution in [0.25, 0.3) is 29.1 Å². The fourth-order valence-corrected chi connectivity index (χ4v) is 2.88. The monoisotopic (exact) mass is 374 g/mol. The van der Waals surface area contributed by atoms with Crippen LogP contribution in [0.4, 0.5) is 0 Å². The molecule has 4 nitrogen and oxygen atoms in total. The van der Waals surface area contributed by atoms with Gasteiger partial charge in [-0.2, -0.15) is 0 Å². The van der Waals surface area contributed by atoms with Crippen molar-refractivity contribution in [3.05, 3.63) is 95.0 Å². The van der Waals surface area contributed by atoms with Crippen molar-refractivity contribution in [1.29, 1.82) is 0 Å². The molecule has 132 valence electrons. The Morgan fingerprint density at radius 3 is 2.04 bits per heavy atom. The van der Waals surface area contributed by atoms with Crippen LogP contribution in [0.2, 0.25) is 5.02 Å². The Kier molecular flexibility index (Phi) is 4.73. The summed E-state index contributed by atoms with van der Waals surface area (Å²) >= 11 is 5.90. The summed E-state index contributed by atoms with van der Waals surface area (Å²) in [5.74, 6) is -0.469. The fraction of sp³-hybridized carbons (Fsp3) is 0. The zero-order chi connectivity index (χ0) is 18.6. The molecule has 0 fully saturated rings. The van der Waals surface area contributed by atoms with Crippen LogP contribution in [0, 0.1) is 0 Å². The lowest BCUT2D eigenvalue weighted by molar-refractivity contribution is -0.660. The summed E-state index contributed by atoms with van der Waals surface area (Å²) in [6, 6.07) is 24.7. The molecule has 5 heteroatoms. The summed E-state index contributed by atoms with van der Waals surface area (Å²) in [6.45, 7) is 0. The number of aromatic nitrogens is 2. The zero-order valence-electron chi connectivity index (χ0n) is 14.2. The normalized spacial score (nSPS) is 11.1. The fourth-order valence-electron chi connectivity index (χ4n) is 2.75. The van der Waals surface area contributed by atoms with Crippen molar-refractivity contribution in [1.82, 2.24) is 5.27 Å². The van der Waals surface area contributed by atoms with Crippen LogP contribution in [0.1, 0.15) is 11.1 Å². The number of halogens is 1. The number of hydrogen-bond donors (Lipinski definition) is 0. The summed E-state index contributed by atoms with van der Waals surface area (Å²) in [5.41, 5.74) is 3.99. The number of benzene rings is 3. The number of hydrogen-bond acceptors (Lipinski definition) is 3. The molecule has 0 aliphatic rings. The van der Waals surface area contributed by atoms with Crippen molar-refractivity contribution in [2.24, 2.45) is 0 Å². The molecule has 0 amide bonds. The molecule has 1 heterocycles. The minimum Gasteiger partial charge on any atom is -0.539 e. The van der Waals surface area contributed by atoms with Gasteiger partial charge in [0, 0.05) is 17.2 Å². The summed E-state index contributed by atoms with van der Waals surface area (Å²) in [5, 5.41) is 16.7.